The summed E-state index contributed by atoms with van der Waals surface area (Å²) in [6.45, 7) is 3.78. The van der Waals surface area contributed by atoms with E-state index in [1.807, 2.05) is 50.2 Å². The second-order valence-electron chi connectivity index (χ2n) is 8.40. The number of thiophene rings is 2. The Kier molecular flexibility index (Phi) is 6.01. The highest BCUT2D eigenvalue weighted by atomic mass is 32.2. The normalized spacial score (nSPS) is 14.7. The minimum absolute atomic E-state index is 0.181. The number of nitrogens with one attached hydrogen (secondary N) is 1. The van der Waals surface area contributed by atoms with E-state index in [0.717, 1.165) is 41.8 Å². The summed E-state index contributed by atoms with van der Waals surface area (Å²) in [6.07, 6.45) is 0.320. The Morgan fingerprint density at radius 3 is 2.69 bits per heavy atom. The first kappa shape index (κ1) is 23.4. The van der Waals surface area contributed by atoms with Crippen LogP contribution in [0.1, 0.15) is 51.6 Å². The van der Waals surface area contributed by atoms with E-state index in [1.54, 1.807) is 0 Å². The van der Waals surface area contributed by atoms with Crippen molar-refractivity contribution in [3.05, 3.63) is 62.2 Å². The average Bonchev–Trinajstić information content (AvgIpc) is 3.25. The van der Waals surface area contributed by atoms with Gasteiger partial charge in [0.05, 0.1) is 8.89 Å². The number of fused-ring (bicyclic) bond motifs is 1. The summed E-state index contributed by atoms with van der Waals surface area (Å²) in [6, 6.07) is 11.6. The van der Waals surface area contributed by atoms with Gasteiger partial charge in [0, 0.05) is 10.3 Å². The van der Waals surface area contributed by atoms with E-state index >= 15 is 0 Å². The van der Waals surface area contributed by atoms with Crippen LogP contribution in [-0.4, -0.2) is 21.5 Å². The van der Waals surface area contributed by atoms with Crippen LogP contribution >= 0.6 is 34.2 Å². The summed E-state index contributed by atoms with van der Waals surface area (Å²) in [7, 11) is 0. The van der Waals surface area contributed by atoms with Crippen LogP contribution in [-0.2, 0) is 14.9 Å². The number of aromatic nitrogens is 1. The van der Waals surface area contributed by atoms with E-state index in [4.69, 9.17) is 10.5 Å². The van der Waals surface area contributed by atoms with E-state index in [1.165, 1.54) is 22.7 Å². The van der Waals surface area contributed by atoms with E-state index in [2.05, 4.69) is 21.5 Å². The smallest absolute Gasteiger partial charge is 0.412 e. The number of carbonyl (C=O) groups excluding carboxylic acids is 1. The predicted octanol–water partition coefficient (Wildman–Crippen LogP) is 6.14. The van der Waals surface area contributed by atoms with Crippen molar-refractivity contribution < 1.29 is 19.4 Å². The Morgan fingerprint density at radius 1 is 1.23 bits per heavy atom. The molecule has 0 radical (unpaired) electrons. The molecule has 1 unspecified atom stereocenters. The zero-order valence-corrected chi connectivity index (χ0v) is 21.3. The number of carboxylic acid groups (broad SMARTS) is 1. The van der Waals surface area contributed by atoms with Crippen molar-refractivity contribution in [2.24, 2.45) is 0 Å². The fourth-order valence-corrected chi connectivity index (χ4v) is 7.01. The number of ether oxygens (including phenoxy) is 1. The van der Waals surface area contributed by atoms with Gasteiger partial charge in [-0.2, -0.15) is 4.37 Å². The minimum Gasteiger partial charge on any atom is -0.481 e. The third-order valence-electron chi connectivity index (χ3n) is 6.00. The molecule has 35 heavy (non-hydrogen) atoms. The Hall–Kier alpha value is -3.39. The lowest BCUT2D eigenvalue weighted by Gasteiger charge is -2.16. The van der Waals surface area contributed by atoms with Gasteiger partial charge in [0.25, 0.3) is 0 Å². The number of hydrogen-bond acceptors (Lipinski definition) is 8. The molecule has 0 bridgehead atoms. The van der Waals surface area contributed by atoms with Crippen LogP contribution in [0.3, 0.4) is 0 Å². The van der Waals surface area contributed by atoms with E-state index < -0.39 is 23.6 Å². The van der Waals surface area contributed by atoms with Crippen LogP contribution in [0.15, 0.2) is 36.4 Å². The number of rotatable bonds is 5. The van der Waals surface area contributed by atoms with Gasteiger partial charge in [0.15, 0.2) is 5.82 Å². The fraction of sp³-hybridized carbons (Fsp3) is 0.240. The molecule has 3 aromatic heterocycles. The average molecular weight is 524 g/mol. The molecule has 0 saturated heterocycles. The topological polar surface area (TPSA) is 115 Å². The van der Waals surface area contributed by atoms with E-state index in [-0.39, 0.29) is 5.82 Å². The summed E-state index contributed by atoms with van der Waals surface area (Å²) < 4.78 is 10.7. The monoisotopic (exact) mass is 523 g/mol. The number of anilines is 2. The number of aliphatic carboxylic acids is 1. The molecule has 1 fully saturated rings. The molecule has 5 rings (SSSR count). The maximum absolute atomic E-state index is 12.5. The lowest BCUT2D eigenvalue weighted by Crippen LogP contribution is -2.17. The molecule has 1 aliphatic carbocycles. The fourth-order valence-electron chi connectivity index (χ4n) is 3.85. The summed E-state index contributed by atoms with van der Waals surface area (Å²) in [4.78, 5) is 26.4. The van der Waals surface area contributed by atoms with Gasteiger partial charge in [-0.1, -0.05) is 24.3 Å². The molecule has 4 aromatic rings. The Balaban J connectivity index is 1.30. The molecule has 3 heterocycles. The van der Waals surface area contributed by atoms with Crippen molar-refractivity contribution in [3.8, 4) is 11.8 Å². The number of nitrogens with zero attached hydrogens (tertiary/aromatic N) is 1. The van der Waals surface area contributed by atoms with Crippen molar-refractivity contribution in [1.82, 2.24) is 4.37 Å². The molecule has 1 atom stereocenters. The van der Waals surface area contributed by atoms with Crippen molar-refractivity contribution in [3.63, 3.8) is 0 Å². The second kappa shape index (κ2) is 9.00. The van der Waals surface area contributed by atoms with Crippen molar-refractivity contribution in [2.75, 3.05) is 11.1 Å². The molecule has 4 N–H and O–H groups in total. The molecule has 1 saturated carbocycles. The van der Waals surface area contributed by atoms with Gasteiger partial charge in [0.2, 0.25) is 0 Å². The highest BCUT2D eigenvalue weighted by Crippen LogP contribution is 2.52. The van der Waals surface area contributed by atoms with Crippen LogP contribution in [0.4, 0.5) is 16.3 Å². The van der Waals surface area contributed by atoms with Gasteiger partial charge in [-0.15, -0.1) is 22.7 Å². The van der Waals surface area contributed by atoms with Crippen LogP contribution < -0.4 is 11.1 Å². The number of carbonyl (C=O) groups is 2. The number of amides is 1. The molecule has 1 aliphatic rings. The molecule has 0 aliphatic heterocycles. The second-order valence-corrected chi connectivity index (χ2v) is 11.5. The maximum atomic E-state index is 12.5. The molecule has 0 spiro atoms. The van der Waals surface area contributed by atoms with E-state index in [0.29, 0.717) is 23.4 Å². The lowest BCUT2D eigenvalue weighted by atomic mass is 10.1. The van der Waals surface area contributed by atoms with Gasteiger partial charge in [0.1, 0.15) is 22.1 Å². The van der Waals surface area contributed by atoms with Crippen LogP contribution in [0, 0.1) is 18.8 Å². The summed E-state index contributed by atoms with van der Waals surface area (Å²) in [5.41, 5.74) is 7.58. The van der Waals surface area contributed by atoms with Gasteiger partial charge >= 0.3 is 12.1 Å². The van der Waals surface area contributed by atoms with Crippen molar-refractivity contribution in [1.29, 1.82) is 0 Å². The van der Waals surface area contributed by atoms with Crippen molar-refractivity contribution >= 4 is 67.2 Å². The SMILES string of the molecule is Cc1ccccc1C(C)OC(=O)Nc1c(N)nsc1C#Cc1cc2cc(C3(C(=O)O)CC3)sc2s1. The predicted molar refractivity (Wildman–Crippen MR) is 140 cm³/mol. The Labute approximate surface area is 213 Å². The molecule has 1 aromatic carbocycles. The number of benzene rings is 1. The van der Waals surface area contributed by atoms with Gasteiger partial charge in [-0.05, 0) is 73.3 Å². The number of nitrogen functional groups attached to an aromatic ring is 1. The standard InChI is InChI=1S/C25H21N3O4S3/c1-13-5-3-4-6-17(13)14(2)32-24(31)27-20-18(35-28-21(20)26)8-7-16-11-15-12-19(34-22(15)33-16)25(9-10-25)23(29)30/h3-6,11-12,14H,9-10H2,1-2H3,(H2,26,28)(H,27,31)(H,29,30). The van der Waals surface area contributed by atoms with Crippen molar-refractivity contribution in [2.45, 2.75) is 38.2 Å². The first-order chi connectivity index (χ1) is 16.8. The minimum atomic E-state index is -0.749. The first-order valence-corrected chi connectivity index (χ1v) is 13.2. The van der Waals surface area contributed by atoms with E-state index in [9.17, 15) is 14.7 Å². The number of aryl methyl sites for hydroxylation is 1. The highest BCUT2D eigenvalue weighted by molar-refractivity contribution is 7.38. The van der Waals surface area contributed by atoms with Crippen LogP contribution in [0.25, 0.3) is 9.40 Å². The third kappa shape index (κ3) is 4.50. The summed E-state index contributed by atoms with van der Waals surface area (Å²) in [5.74, 6) is 5.60. The molecule has 10 heteroatoms. The zero-order valence-electron chi connectivity index (χ0n) is 18.9. The Bertz CT molecular complexity index is 1490. The molecule has 1 amide bonds. The summed E-state index contributed by atoms with van der Waals surface area (Å²) in [5, 5.41) is 13.2. The lowest BCUT2D eigenvalue weighted by molar-refractivity contribution is -0.139. The molecular weight excluding hydrogens is 502 g/mol. The highest BCUT2D eigenvalue weighted by Gasteiger charge is 2.53. The largest absolute Gasteiger partial charge is 0.481 e. The molecular formula is C25H21N3O4S3. The summed E-state index contributed by atoms with van der Waals surface area (Å²) >= 11 is 4.15. The quantitative estimate of drug-likeness (QED) is 0.271. The van der Waals surface area contributed by atoms with Gasteiger partial charge < -0.3 is 15.6 Å². The maximum Gasteiger partial charge on any atom is 0.412 e. The number of hydrogen-bond donors (Lipinski definition) is 3. The number of nitrogens with two attached hydrogens (primary N) is 1. The van der Waals surface area contributed by atoms with Gasteiger partial charge in [-0.25, -0.2) is 4.79 Å². The van der Waals surface area contributed by atoms with Crippen LogP contribution in [0.5, 0.6) is 0 Å². The van der Waals surface area contributed by atoms with Gasteiger partial charge in [-0.3, -0.25) is 10.1 Å². The number of carboxylic acids is 1. The zero-order chi connectivity index (χ0) is 24.7. The third-order valence-corrected chi connectivity index (χ3v) is 9.29. The molecule has 178 valence electrons. The van der Waals surface area contributed by atoms with Crippen LogP contribution in [0.2, 0.25) is 0 Å². The Morgan fingerprint density at radius 2 is 2.00 bits per heavy atom. The first-order valence-electron chi connectivity index (χ1n) is 10.8. The molecule has 7 nitrogen and oxygen atoms in total.